The van der Waals surface area contributed by atoms with Crippen molar-refractivity contribution in [3.05, 3.63) is 0 Å². The summed E-state index contributed by atoms with van der Waals surface area (Å²) in [6.07, 6.45) is 6.70. The Labute approximate surface area is 86.9 Å². The van der Waals surface area contributed by atoms with E-state index in [1.165, 1.54) is 0 Å². The lowest BCUT2D eigenvalue weighted by atomic mass is 10.1. The molecule has 0 heterocycles. The Balaban J connectivity index is 3.59. The molecule has 0 aromatic rings. The lowest BCUT2D eigenvalue weighted by Gasteiger charge is -2.19. The molecule has 0 aromatic heterocycles. The van der Waals surface area contributed by atoms with E-state index in [4.69, 9.17) is 6.42 Å². The summed E-state index contributed by atoms with van der Waals surface area (Å²) < 4.78 is 0. The van der Waals surface area contributed by atoms with Gasteiger partial charge < -0.3 is 10.2 Å². The van der Waals surface area contributed by atoms with Gasteiger partial charge in [0.15, 0.2) is 0 Å². The zero-order valence-corrected chi connectivity index (χ0v) is 9.55. The van der Waals surface area contributed by atoms with E-state index in [2.05, 4.69) is 11.2 Å². The van der Waals surface area contributed by atoms with Crippen LogP contribution < -0.4 is 5.32 Å². The Kier molecular flexibility index (Phi) is 5.26. The van der Waals surface area contributed by atoms with Gasteiger partial charge >= 0.3 is 0 Å². The van der Waals surface area contributed by atoms with Gasteiger partial charge in [-0.05, 0) is 26.8 Å². The van der Waals surface area contributed by atoms with Crippen LogP contribution in [0, 0.1) is 12.3 Å². The molecule has 0 fully saturated rings. The third-order valence-corrected chi connectivity index (χ3v) is 1.99. The monoisotopic (exact) mass is 196 g/mol. The molecule has 0 radical (unpaired) electrons. The zero-order valence-electron chi connectivity index (χ0n) is 9.55. The van der Waals surface area contributed by atoms with E-state index in [0.717, 1.165) is 13.0 Å². The van der Waals surface area contributed by atoms with Gasteiger partial charge in [-0.3, -0.25) is 4.79 Å². The van der Waals surface area contributed by atoms with Crippen LogP contribution in [-0.4, -0.2) is 37.0 Å². The van der Waals surface area contributed by atoms with Gasteiger partial charge in [-0.2, -0.15) is 0 Å². The second-order valence-corrected chi connectivity index (χ2v) is 4.09. The molecule has 0 spiro atoms. The molecule has 3 heteroatoms. The van der Waals surface area contributed by atoms with E-state index in [-0.39, 0.29) is 11.4 Å². The van der Waals surface area contributed by atoms with E-state index in [1.807, 2.05) is 13.8 Å². The van der Waals surface area contributed by atoms with Crippen LogP contribution in [0.5, 0.6) is 0 Å². The molecular formula is C11H20N2O. The largest absolute Gasteiger partial charge is 0.349 e. The van der Waals surface area contributed by atoms with Gasteiger partial charge in [-0.25, -0.2) is 0 Å². The van der Waals surface area contributed by atoms with Gasteiger partial charge in [0.25, 0.3) is 0 Å². The number of terminal acetylenes is 1. The molecule has 0 aromatic carbocycles. The first kappa shape index (κ1) is 13.0. The molecule has 0 aliphatic rings. The van der Waals surface area contributed by atoms with E-state index < -0.39 is 0 Å². The fourth-order valence-corrected chi connectivity index (χ4v) is 0.915. The highest BCUT2D eigenvalue weighted by molar-refractivity contribution is 5.75. The summed E-state index contributed by atoms with van der Waals surface area (Å²) in [5.74, 6) is 2.80. The minimum Gasteiger partial charge on any atom is -0.349 e. The van der Waals surface area contributed by atoms with E-state index >= 15 is 0 Å². The molecular weight excluding hydrogens is 176 g/mol. The van der Waals surface area contributed by atoms with Crippen molar-refractivity contribution in [2.75, 3.05) is 20.6 Å². The maximum atomic E-state index is 11.2. The molecule has 0 saturated carbocycles. The molecule has 0 rings (SSSR count). The number of carbonyl (C=O) groups is 1. The number of rotatable bonds is 5. The summed E-state index contributed by atoms with van der Waals surface area (Å²) in [4.78, 5) is 12.8. The summed E-state index contributed by atoms with van der Waals surface area (Å²) in [6, 6.07) is 0. The Bertz CT molecular complexity index is 226. The topological polar surface area (TPSA) is 32.3 Å². The van der Waals surface area contributed by atoms with Crippen molar-refractivity contribution in [1.29, 1.82) is 0 Å². The number of nitrogens with one attached hydrogen (secondary N) is 1. The molecule has 3 nitrogen and oxygen atoms in total. The van der Waals surface area contributed by atoms with E-state index in [1.54, 1.807) is 19.0 Å². The standard InChI is InChI=1S/C11H20N2O/c1-6-11(2,3)12-9-7-8-10(14)13(4)5/h1,12H,7-9H2,2-5H3. The normalized spacial score (nSPS) is 10.8. The van der Waals surface area contributed by atoms with Gasteiger partial charge in [-0.1, -0.05) is 5.92 Å². The number of nitrogens with zero attached hydrogens (tertiary/aromatic N) is 1. The van der Waals surface area contributed by atoms with Crippen LogP contribution in [0.25, 0.3) is 0 Å². The maximum Gasteiger partial charge on any atom is 0.222 e. The summed E-state index contributed by atoms with van der Waals surface area (Å²) in [5, 5.41) is 3.20. The van der Waals surface area contributed by atoms with Crippen molar-refractivity contribution in [2.24, 2.45) is 0 Å². The molecule has 0 atom stereocenters. The molecule has 0 aliphatic heterocycles. The molecule has 80 valence electrons. The number of hydrogen-bond acceptors (Lipinski definition) is 2. The summed E-state index contributed by atoms with van der Waals surface area (Å²) in [7, 11) is 3.53. The van der Waals surface area contributed by atoms with E-state index in [0.29, 0.717) is 6.42 Å². The van der Waals surface area contributed by atoms with Crippen molar-refractivity contribution in [3.8, 4) is 12.3 Å². The second-order valence-electron chi connectivity index (χ2n) is 4.09. The van der Waals surface area contributed by atoms with Gasteiger partial charge in [0, 0.05) is 20.5 Å². The maximum absolute atomic E-state index is 11.2. The molecule has 0 saturated heterocycles. The molecule has 0 aliphatic carbocycles. The van der Waals surface area contributed by atoms with Gasteiger partial charge in [0.05, 0.1) is 5.54 Å². The van der Waals surface area contributed by atoms with Crippen molar-refractivity contribution < 1.29 is 4.79 Å². The van der Waals surface area contributed by atoms with Crippen LogP contribution in [-0.2, 0) is 4.79 Å². The zero-order chi connectivity index (χ0) is 11.2. The highest BCUT2D eigenvalue weighted by atomic mass is 16.2. The van der Waals surface area contributed by atoms with Crippen molar-refractivity contribution >= 4 is 5.91 Å². The van der Waals surface area contributed by atoms with Crippen molar-refractivity contribution in [3.63, 3.8) is 0 Å². The van der Waals surface area contributed by atoms with Crippen LogP contribution in [0.3, 0.4) is 0 Å². The summed E-state index contributed by atoms with van der Waals surface area (Å²) in [5.41, 5.74) is -0.277. The van der Waals surface area contributed by atoms with E-state index in [9.17, 15) is 4.79 Å². The second kappa shape index (κ2) is 5.66. The number of amides is 1. The quantitative estimate of drug-likeness (QED) is 0.522. The smallest absolute Gasteiger partial charge is 0.222 e. The predicted molar refractivity (Wildman–Crippen MR) is 58.8 cm³/mol. The first-order valence-electron chi connectivity index (χ1n) is 4.82. The SMILES string of the molecule is C#CC(C)(C)NCCCC(=O)N(C)C. The third kappa shape index (κ3) is 5.60. The van der Waals surface area contributed by atoms with Crippen molar-refractivity contribution in [2.45, 2.75) is 32.2 Å². The highest BCUT2D eigenvalue weighted by Gasteiger charge is 2.11. The van der Waals surface area contributed by atoms with Crippen LogP contribution in [0.2, 0.25) is 0 Å². The van der Waals surface area contributed by atoms with Crippen LogP contribution >= 0.6 is 0 Å². The Morgan fingerprint density at radius 3 is 2.50 bits per heavy atom. The van der Waals surface area contributed by atoms with Gasteiger partial charge in [0.1, 0.15) is 0 Å². The molecule has 0 unspecified atom stereocenters. The van der Waals surface area contributed by atoms with Crippen LogP contribution in [0.15, 0.2) is 0 Å². The average Bonchev–Trinajstić information content (AvgIpc) is 2.12. The van der Waals surface area contributed by atoms with Gasteiger partial charge in [-0.15, -0.1) is 6.42 Å². The van der Waals surface area contributed by atoms with Crippen molar-refractivity contribution in [1.82, 2.24) is 10.2 Å². The summed E-state index contributed by atoms with van der Waals surface area (Å²) in [6.45, 7) is 4.66. The number of carbonyl (C=O) groups excluding carboxylic acids is 1. The van der Waals surface area contributed by atoms with Gasteiger partial charge in [0.2, 0.25) is 5.91 Å². The lowest BCUT2D eigenvalue weighted by molar-refractivity contribution is -0.128. The molecule has 1 amide bonds. The minimum atomic E-state index is -0.277. The molecule has 14 heavy (non-hydrogen) atoms. The fraction of sp³-hybridized carbons (Fsp3) is 0.727. The summed E-state index contributed by atoms with van der Waals surface area (Å²) >= 11 is 0. The Morgan fingerprint density at radius 2 is 2.07 bits per heavy atom. The lowest BCUT2D eigenvalue weighted by Crippen LogP contribution is -2.38. The van der Waals surface area contributed by atoms with Crippen LogP contribution in [0.4, 0.5) is 0 Å². The average molecular weight is 196 g/mol. The first-order chi connectivity index (χ1) is 6.39. The molecule has 0 bridgehead atoms. The Hall–Kier alpha value is -1.01. The Morgan fingerprint density at radius 1 is 1.50 bits per heavy atom. The fourth-order valence-electron chi connectivity index (χ4n) is 0.915. The van der Waals surface area contributed by atoms with Crippen LogP contribution in [0.1, 0.15) is 26.7 Å². The minimum absolute atomic E-state index is 0.158. The highest BCUT2D eigenvalue weighted by Crippen LogP contribution is 2.00. The predicted octanol–water partition coefficient (Wildman–Crippen LogP) is 0.856. The molecule has 1 N–H and O–H groups in total. The number of hydrogen-bond donors (Lipinski definition) is 1. The third-order valence-electron chi connectivity index (χ3n) is 1.99. The first-order valence-corrected chi connectivity index (χ1v) is 4.82.